The van der Waals surface area contributed by atoms with Crippen molar-refractivity contribution in [1.29, 1.82) is 0 Å². The zero-order valence-corrected chi connectivity index (χ0v) is 17.0. The van der Waals surface area contributed by atoms with Crippen molar-refractivity contribution in [2.45, 2.75) is 31.8 Å². The third-order valence-electron chi connectivity index (χ3n) is 5.13. The van der Waals surface area contributed by atoms with E-state index in [0.717, 1.165) is 24.2 Å². The van der Waals surface area contributed by atoms with E-state index in [9.17, 15) is 14.0 Å². The number of nitrogens with zero attached hydrogens (tertiary/aromatic N) is 3. The topological polar surface area (TPSA) is 100 Å². The van der Waals surface area contributed by atoms with Crippen molar-refractivity contribution in [3.05, 3.63) is 58.0 Å². The summed E-state index contributed by atoms with van der Waals surface area (Å²) in [6.45, 7) is 0.354. The van der Waals surface area contributed by atoms with Crippen LogP contribution >= 0.6 is 11.6 Å². The van der Waals surface area contributed by atoms with Crippen molar-refractivity contribution in [3.8, 4) is 0 Å². The molecular weight excluding hydrogens is 423 g/mol. The van der Waals surface area contributed by atoms with E-state index in [1.165, 1.54) is 12.1 Å². The molecule has 0 atom stereocenters. The summed E-state index contributed by atoms with van der Waals surface area (Å²) in [4.78, 5) is 28.1. The molecule has 0 radical (unpaired) electrons. The predicted octanol–water partition coefficient (Wildman–Crippen LogP) is 3.14. The first-order chi connectivity index (χ1) is 15.0. The molecule has 3 heterocycles. The Morgan fingerprint density at radius 2 is 2.13 bits per heavy atom. The molecule has 3 N–H and O–H groups in total. The molecule has 1 saturated heterocycles. The molecule has 3 aromatic rings. The highest BCUT2D eigenvalue weighted by Crippen LogP contribution is 2.28. The lowest BCUT2D eigenvalue weighted by atomic mass is 10.1. The van der Waals surface area contributed by atoms with E-state index in [1.807, 2.05) is 6.07 Å². The van der Waals surface area contributed by atoms with Gasteiger partial charge in [0.15, 0.2) is 5.65 Å². The van der Waals surface area contributed by atoms with Gasteiger partial charge >= 0.3 is 0 Å². The highest BCUT2D eigenvalue weighted by Gasteiger charge is 2.25. The highest BCUT2D eigenvalue weighted by molar-refractivity contribution is 6.31. The fourth-order valence-corrected chi connectivity index (χ4v) is 3.61. The van der Waals surface area contributed by atoms with Crippen LogP contribution in [0.1, 0.15) is 30.4 Å². The number of amides is 2. The molecular formula is C21H18ClFN6O2. The Kier molecular flexibility index (Phi) is 4.82. The molecule has 8 nitrogen and oxygen atoms in total. The van der Waals surface area contributed by atoms with Crippen LogP contribution in [0.3, 0.4) is 0 Å². The molecule has 2 aromatic heterocycles. The van der Waals surface area contributed by atoms with Crippen LogP contribution in [0, 0.1) is 5.82 Å². The monoisotopic (exact) mass is 440 g/mol. The van der Waals surface area contributed by atoms with Crippen molar-refractivity contribution < 1.29 is 14.0 Å². The van der Waals surface area contributed by atoms with Gasteiger partial charge < -0.3 is 10.6 Å². The molecule has 5 rings (SSSR count). The van der Waals surface area contributed by atoms with Crippen molar-refractivity contribution in [3.63, 3.8) is 0 Å². The number of aromatic nitrogens is 3. The molecule has 1 saturated carbocycles. The van der Waals surface area contributed by atoms with Crippen LogP contribution in [0.4, 0.5) is 16.0 Å². The molecule has 158 valence electrons. The number of carbonyl (C=O) groups is 2. The van der Waals surface area contributed by atoms with Gasteiger partial charge in [-0.2, -0.15) is 9.61 Å². The van der Waals surface area contributed by atoms with E-state index in [2.05, 4.69) is 26.0 Å². The minimum atomic E-state index is -0.402. The maximum absolute atomic E-state index is 13.3. The van der Waals surface area contributed by atoms with Gasteiger partial charge in [0.05, 0.1) is 12.6 Å². The normalized spacial score (nSPS) is 17.4. The lowest BCUT2D eigenvalue weighted by Crippen LogP contribution is -2.19. The van der Waals surface area contributed by atoms with Gasteiger partial charge in [-0.05, 0) is 36.6 Å². The maximum Gasteiger partial charge on any atom is 0.254 e. The lowest BCUT2D eigenvalue weighted by Gasteiger charge is -2.12. The molecule has 0 bridgehead atoms. The second-order valence-corrected chi connectivity index (χ2v) is 8.00. The molecule has 0 unspecified atom stereocenters. The summed E-state index contributed by atoms with van der Waals surface area (Å²) in [7, 11) is 0. The van der Waals surface area contributed by atoms with Gasteiger partial charge in [0.2, 0.25) is 5.91 Å². The molecule has 2 amide bonds. The van der Waals surface area contributed by atoms with Crippen molar-refractivity contribution in [1.82, 2.24) is 19.9 Å². The van der Waals surface area contributed by atoms with Crippen LogP contribution in [0.5, 0.6) is 0 Å². The van der Waals surface area contributed by atoms with E-state index >= 15 is 0 Å². The number of halogens is 2. The van der Waals surface area contributed by atoms with E-state index in [1.54, 1.807) is 22.9 Å². The van der Waals surface area contributed by atoms with Crippen molar-refractivity contribution in [2.75, 3.05) is 10.6 Å². The van der Waals surface area contributed by atoms with Crippen LogP contribution in [-0.4, -0.2) is 32.5 Å². The Balaban J connectivity index is 1.49. The van der Waals surface area contributed by atoms with Crippen LogP contribution < -0.4 is 16.0 Å². The fourth-order valence-electron chi connectivity index (χ4n) is 3.37. The molecule has 1 aromatic carbocycles. The Morgan fingerprint density at radius 3 is 2.84 bits per heavy atom. The van der Waals surface area contributed by atoms with Gasteiger partial charge in [0, 0.05) is 34.8 Å². The summed E-state index contributed by atoms with van der Waals surface area (Å²) in [5.41, 5.74) is 2.27. The van der Waals surface area contributed by atoms with Gasteiger partial charge in [-0.15, -0.1) is 0 Å². The van der Waals surface area contributed by atoms with Crippen molar-refractivity contribution in [2.24, 2.45) is 0 Å². The first kappa shape index (κ1) is 19.5. The maximum atomic E-state index is 13.3. The predicted molar refractivity (Wildman–Crippen MR) is 114 cm³/mol. The standard InChI is InChI=1S/C21H18ClFN6O2/c22-16-7-14(23)2-1-11(16)9-24-17-8-18(26-15-3-4-15)29-20(27-17)13(10-25-29)5-12-6-19(30)28-21(12)31/h1-2,5,7-8,10,15,26H,3-4,6,9H2,(H,24,27)(H,28,30,31). The largest absolute Gasteiger partial charge is 0.367 e. The van der Waals surface area contributed by atoms with E-state index < -0.39 is 11.7 Å². The van der Waals surface area contributed by atoms with Gasteiger partial charge in [0.25, 0.3) is 5.91 Å². The zero-order chi connectivity index (χ0) is 21.5. The van der Waals surface area contributed by atoms with E-state index in [4.69, 9.17) is 11.6 Å². The van der Waals surface area contributed by atoms with Gasteiger partial charge in [-0.3, -0.25) is 14.9 Å². The molecule has 2 fully saturated rings. The number of nitrogens with one attached hydrogen (secondary N) is 3. The Bertz CT molecular complexity index is 1250. The smallest absolute Gasteiger partial charge is 0.254 e. The third kappa shape index (κ3) is 4.09. The second kappa shape index (κ2) is 7.66. The highest BCUT2D eigenvalue weighted by atomic mass is 35.5. The molecule has 0 spiro atoms. The number of carbonyl (C=O) groups excluding carboxylic acids is 2. The van der Waals surface area contributed by atoms with E-state index in [-0.39, 0.29) is 12.3 Å². The number of benzene rings is 1. The zero-order valence-electron chi connectivity index (χ0n) is 16.3. The van der Waals surface area contributed by atoms with Crippen LogP contribution in [0.25, 0.3) is 11.7 Å². The number of hydrogen-bond acceptors (Lipinski definition) is 6. The van der Waals surface area contributed by atoms with E-state index in [0.29, 0.717) is 40.2 Å². The Labute approximate surface area is 181 Å². The number of fused-ring (bicyclic) bond motifs is 1. The third-order valence-corrected chi connectivity index (χ3v) is 5.48. The summed E-state index contributed by atoms with van der Waals surface area (Å²) in [5, 5.41) is 13.7. The molecule has 2 aliphatic rings. The molecule has 10 heteroatoms. The summed E-state index contributed by atoms with van der Waals surface area (Å²) in [6, 6.07) is 6.48. The second-order valence-electron chi connectivity index (χ2n) is 7.59. The minimum absolute atomic E-state index is 0.0321. The lowest BCUT2D eigenvalue weighted by molar-refractivity contribution is -0.124. The Morgan fingerprint density at radius 1 is 1.29 bits per heavy atom. The molecule has 1 aliphatic carbocycles. The van der Waals surface area contributed by atoms with Crippen molar-refractivity contribution >= 4 is 46.8 Å². The summed E-state index contributed by atoms with van der Waals surface area (Å²) in [6.07, 6.45) is 5.45. The summed E-state index contributed by atoms with van der Waals surface area (Å²) >= 11 is 6.13. The number of imide groups is 1. The minimum Gasteiger partial charge on any atom is -0.367 e. The molecule has 1 aliphatic heterocycles. The summed E-state index contributed by atoms with van der Waals surface area (Å²) in [5.74, 6) is 0.215. The van der Waals surface area contributed by atoms with Gasteiger partial charge in [0.1, 0.15) is 17.5 Å². The number of anilines is 2. The first-order valence-corrected chi connectivity index (χ1v) is 10.2. The average Bonchev–Trinajstić information content (AvgIpc) is 3.36. The van der Waals surface area contributed by atoms with Gasteiger partial charge in [-0.25, -0.2) is 9.37 Å². The Hall–Kier alpha value is -3.46. The van der Waals surface area contributed by atoms with Crippen LogP contribution in [0.15, 0.2) is 36.0 Å². The number of hydrogen-bond donors (Lipinski definition) is 3. The van der Waals surface area contributed by atoms with Crippen LogP contribution in [0.2, 0.25) is 5.02 Å². The number of rotatable bonds is 6. The van der Waals surface area contributed by atoms with Gasteiger partial charge in [-0.1, -0.05) is 17.7 Å². The fraction of sp³-hybridized carbons (Fsp3) is 0.238. The summed E-state index contributed by atoms with van der Waals surface area (Å²) < 4.78 is 15.0. The van der Waals surface area contributed by atoms with Crippen LogP contribution in [-0.2, 0) is 16.1 Å². The quantitative estimate of drug-likeness (QED) is 0.402. The first-order valence-electron chi connectivity index (χ1n) is 9.84. The molecule has 31 heavy (non-hydrogen) atoms. The SMILES string of the molecule is O=C1CC(=Cc2cnn3c(NC4CC4)cc(NCc4ccc(F)cc4Cl)nc23)C(=O)N1. The average molecular weight is 441 g/mol.